The van der Waals surface area contributed by atoms with Gasteiger partial charge >= 0.3 is 11.9 Å². The minimum absolute atomic E-state index is 0.0932. The lowest BCUT2D eigenvalue weighted by molar-refractivity contribution is -0.148. The van der Waals surface area contributed by atoms with Gasteiger partial charge in [0.2, 0.25) is 11.6 Å². The van der Waals surface area contributed by atoms with Crippen LogP contribution in [0.5, 0.6) is 0 Å². The molecule has 8 nitrogen and oxygen atoms in total. The van der Waals surface area contributed by atoms with Gasteiger partial charge in [-0.3, -0.25) is 9.59 Å². The first-order chi connectivity index (χ1) is 14.3. The Balaban J connectivity index is 0.000000171. The summed E-state index contributed by atoms with van der Waals surface area (Å²) in [7, 11) is 0. The highest BCUT2D eigenvalue weighted by molar-refractivity contribution is 6.33. The Morgan fingerprint density at radius 2 is 1.00 bits per heavy atom. The van der Waals surface area contributed by atoms with Crippen LogP contribution >= 0.6 is 0 Å². The number of para-hydroxylation sites is 2. The molecule has 0 aliphatic rings. The van der Waals surface area contributed by atoms with Crippen molar-refractivity contribution in [3.05, 3.63) is 72.1 Å². The molecule has 0 aliphatic carbocycles. The van der Waals surface area contributed by atoms with Gasteiger partial charge in [0, 0.05) is 22.4 Å². The molecule has 30 heavy (non-hydrogen) atoms. The number of rotatable bonds is 6. The molecular weight excluding hydrogens is 388 g/mol. The third-order valence-electron chi connectivity index (χ3n) is 4.35. The van der Waals surface area contributed by atoms with Crippen LogP contribution in [0.2, 0.25) is 0 Å². The minimum Gasteiger partial charge on any atom is -0.475 e. The molecule has 0 saturated heterocycles. The molecular formula is C22H18N2O6. The average Bonchev–Trinajstić information content (AvgIpc) is 3.30. The normalized spacial score (nSPS) is 10.4. The highest BCUT2D eigenvalue weighted by atomic mass is 16.4. The second-order valence-electron chi connectivity index (χ2n) is 6.57. The van der Waals surface area contributed by atoms with Gasteiger partial charge in [-0.05, 0) is 35.0 Å². The Morgan fingerprint density at radius 3 is 1.33 bits per heavy atom. The van der Waals surface area contributed by atoms with Crippen LogP contribution in [-0.4, -0.2) is 43.7 Å². The van der Waals surface area contributed by atoms with Crippen molar-refractivity contribution >= 4 is 45.3 Å². The van der Waals surface area contributed by atoms with Crippen LogP contribution in [-0.2, 0) is 32.0 Å². The van der Waals surface area contributed by atoms with E-state index in [4.69, 9.17) is 10.2 Å². The lowest BCUT2D eigenvalue weighted by Gasteiger charge is -1.91. The quantitative estimate of drug-likeness (QED) is 0.363. The van der Waals surface area contributed by atoms with E-state index in [0.29, 0.717) is 11.4 Å². The molecule has 152 valence electrons. The fraction of sp³-hybridized carbons (Fsp3) is 0.0909. The zero-order valence-electron chi connectivity index (χ0n) is 15.7. The average molecular weight is 406 g/mol. The van der Waals surface area contributed by atoms with Crippen molar-refractivity contribution < 1.29 is 29.4 Å². The molecule has 4 N–H and O–H groups in total. The number of H-pyrrole nitrogens is 2. The molecule has 0 fully saturated rings. The summed E-state index contributed by atoms with van der Waals surface area (Å²) < 4.78 is 0. The Morgan fingerprint density at radius 1 is 0.633 bits per heavy atom. The molecule has 0 bridgehead atoms. The summed E-state index contributed by atoms with van der Waals surface area (Å²) in [5, 5.41) is 18.9. The second-order valence-corrected chi connectivity index (χ2v) is 6.57. The molecule has 8 heteroatoms. The topological polar surface area (TPSA) is 140 Å². The number of aromatic nitrogens is 2. The van der Waals surface area contributed by atoms with Crippen molar-refractivity contribution in [2.45, 2.75) is 12.8 Å². The van der Waals surface area contributed by atoms with Gasteiger partial charge in [0.15, 0.2) is 0 Å². The van der Waals surface area contributed by atoms with Gasteiger partial charge in [0.1, 0.15) is 0 Å². The summed E-state index contributed by atoms with van der Waals surface area (Å²) in [4.78, 5) is 48.6. The van der Waals surface area contributed by atoms with Crippen molar-refractivity contribution in [2.24, 2.45) is 0 Å². The molecule has 0 radical (unpaired) electrons. The second kappa shape index (κ2) is 8.87. The number of carboxylic acid groups (broad SMARTS) is 2. The Hall–Kier alpha value is -4.20. The molecule has 4 aromatic rings. The van der Waals surface area contributed by atoms with Gasteiger partial charge in [-0.1, -0.05) is 36.4 Å². The molecule has 2 aromatic heterocycles. The first-order valence-electron chi connectivity index (χ1n) is 8.99. The van der Waals surface area contributed by atoms with Gasteiger partial charge in [-0.25, -0.2) is 9.59 Å². The Kier molecular flexibility index (Phi) is 6.07. The number of nitrogens with one attached hydrogen (secondary N) is 2. The van der Waals surface area contributed by atoms with Crippen molar-refractivity contribution in [2.75, 3.05) is 0 Å². The summed E-state index contributed by atoms with van der Waals surface area (Å²) in [6.45, 7) is 0. The standard InChI is InChI=1S/2C11H9NO3/c2*13-10(11(14)15)6-8-5-7-3-1-2-4-9(7)12-8/h2*1-5,12H,6H2,(H,14,15). The molecule has 2 heterocycles. The van der Waals surface area contributed by atoms with E-state index in [-0.39, 0.29) is 12.8 Å². The van der Waals surface area contributed by atoms with E-state index in [1.807, 2.05) is 48.5 Å². The number of carbonyl (C=O) groups is 4. The highest BCUT2D eigenvalue weighted by Crippen LogP contribution is 2.15. The van der Waals surface area contributed by atoms with Crippen LogP contribution in [0.25, 0.3) is 21.8 Å². The number of carbonyl (C=O) groups excluding carboxylic acids is 2. The van der Waals surface area contributed by atoms with Crippen LogP contribution in [0.4, 0.5) is 0 Å². The van der Waals surface area contributed by atoms with Crippen molar-refractivity contribution in [3.8, 4) is 0 Å². The third kappa shape index (κ3) is 4.99. The largest absolute Gasteiger partial charge is 0.475 e. The van der Waals surface area contributed by atoms with Crippen molar-refractivity contribution in [1.82, 2.24) is 9.97 Å². The lowest BCUT2D eigenvalue weighted by atomic mass is 10.2. The van der Waals surface area contributed by atoms with Gasteiger partial charge in [0.25, 0.3) is 0 Å². The van der Waals surface area contributed by atoms with E-state index in [1.165, 1.54) is 0 Å². The van der Waals surface area contributed by atoms with Gasteiger partial charge in [-0.2, -0.15) is 0 Å². The molecule has 4 rings (SSSR count). The highest BCUT2D eigenvalue weighted by Gasteiger charge is 2.14. The fourth-order valence-corrected chi connectivity index (χ4v) is 2.95. The number of Topliss-reactive ketones (excluding diaryl/α,β-unsaturated/α-hetero) is 2. The first kappa shape index (κ1) is 20.5. The van der Waals surface area contributed by atoms with E-state index in [1.54, 1.807) is 12.1 Å². The molecule has 0 unspecified atom stereocenters. The van der Waals surface area contributed by atoms with Crippen LogP contribution < -0.4 is 0 Å². The zero-order valence-corrected chi connectivity index (χ0v) is 15.7. The summed E-state index contributed by atoms with van der Waals surface area (Å²) >= 11 is 0. The van der Waals surface area contributed by atoms with E-state index < -0.39 is 23.5 Å². The maximum atomic E-state index is 11.0. The van der Waals surface area contributed by atoms with E-state index in [0.717, 1.165) is 21.8 Å². The number of hydrogen-bond donors (Lipinski definition) is 4. The maximum absolute atomic E-state index is 11.0. The zero-order chi connectivity index (χ0) is 21.7. The number of carboxylic acids is 2. The fourth-order valence-electron chi connectivity index (χ4n) is 2.95. The molecule has 0 atom stereocenters. The summed E-state index contributed by atoms with van der Waals surface area (Å²) in [5.74, 6) is -4.40. The number of ketones is 2. The Bertz CT molecular complexity index is 1090. The lowest BCUT2D eigenvalue weighted by Crippen LogP contribution is -2.15. The van der Waals surface area contributed by atoms with Crippen LogP contribution in [0, 0.1) is 0 Å². The van der Waals surface area contributed by atoms with Crippen LogP contribution in [0.15, 0.2) is 60.7 Å². The van der Waals surface area contributed by atoms with Gasteiger partial charge in [0.05, 0.1) is 12.8 Å². The summed E-state index contributed by atoms with van der Waals surface area (Å²) in [5.41, 5.74) is 3.07. The number of aromatic amines is 2. The maximum Gasteiger partial charge on any atom is 0.372 e. The monoisotopic (exact) mass is 406 g/mol. The van der Waals surface area contributed by atoms with Crippen molar-refractivity contribution in [1.29, 1.82) is 0 Å². The van der Waals surface area contributed by atoms with Crippen molar-refractivity contribution in [3.63, 3.8) is 0 Å². The molecule has 0 aliphatic heterocycles. The SMILES string of the molecule is O=C(O)C(=O)Cc1cc2ccccc2[nH]1.O=C(O)C(=O)Cc1cc2ccccc2[nH]1. The van der Waals surface area contributed by atoms with E-state index in [2.05, 4.69) is 9.97 Å². The molecule has 0 saturated carbocycles. The third-order valence-corrected chi connectivity index (χ3v) is 4.35. The molecule has 0 amide bonds. The molecule has 2 aromatic carbocycles. The van der Waals surface area contributed by atoms with E-state index in [9.17, 15) is 19.2 Å². The molecule has 0 spiro atoms. The minimum atomic E-state index is -1.39. The smallest absolute Gasteiger partial charge is 0.372 e. The number of aliphatic carboxylic acids is 2. The summed E-state index contributed by atoms with van der Waals surface area (Å²) in [6, 6.07) is 18.7. The van der Waals surface area contributed by atoms with Crippen LogP contribution in [0.1, 0.15) is 11.4 Å². The predicted octanol–water partition coefficient (Wildman–Crippen LogP) is 2.73. The number of hydrogen-bond acceptors (Lipinski definition) is 4. The first-order valence-corrected chi connectivity index (χ1v) is 8.99. The number of benzene rings is 2. The predicted molar refractivity (Wildman–Crippen MR) is 109 cm³/mol. The van der Waals surface area contributed by atoms with E-state index >= 15 is 0 Å². The summed E-state index contributed by atoms with van der Waals surface area (Å²) in [6.07, 6.45) is -0.186. The number of fused-ring (bicyclic) bond motifs is 2. The Labute approximate surface area is 170 Å². The van der Waals surface area contributed by atoms with Gasteiger partial charge in [-0.15, -0.1) is 0 Å². The van der Waals surface area contributed by atoms with Crippen LogP contribution in [0.3, 0.4) is 0 Å². The van der Waals surface area contributed by atoms with Gasteiger partial charge < -0.3 is 20.2 Å².